The number of hydrogen-bond donors (Lipinski definition) is 0. The summed E-state index contributed by atoms with van der Waals surface area (Å²) in [7, 11) is 2.22. The second-order valence-corrected chi connectivity index (χ2v) is 3.30. The maximum absolute atomic E-state index is 2.45. The number of hydrogen-bond acceptors (Lipinski definition) is 1. The van der Waals surface area contributed by atoms with Gasteiger partial charge in [-0.2, -0.15) is 0 Å². The van der Waals surface area contributed by atoms with Crippen LogP contribution in [0.1, 0.15) is 26.7 Å². The molecule has 0 aromatic rings. The molecule has 1 heterocycles. The van der Waals surface area contributed by atoms with Crippen LogP contribution in [-0.2, 0) is 0 Å². The molecular weight excluding hydrogens is 110 g/mol. The van der Waals surface area contributed by atoms with Gasteiger partial charge in [-0.1, -0.05) is 13.3 Å². The third-order valence-corrected chi connectivity index (χ3v) is 2.55. The largest absolute Gasteiger partial charge is 0.303 e. The highest BCUT2D eigenvalue weighted by Gasteiger charge is 2.23. The van der Waals surface area contributed by atoms with Gasteiger partial charge in [0.1, 0.15) is 0 Å². The summed E-state index contributed by atoms with van der Waals surface area (Å²) in [6, 6.07) is 0.829. The Labute approximate surface area is 58.0 Å². The minimum Gasteiger partial charge on any atom is -0.303 e. The van der Waals surface area contributed by atoms with E-state index in [1.54, 1.807) is 0 Å². The van der Waals surface area contributed by atoms with Crippen molar-refractivity contribution in [1.29, 1.82) is 0 Å². The lowest BCUT2D eigenvalue weighted by Crippen LogP contribution is -2.21. The molecule has 1 saturated heterocycles. The van der Waals surface area contributed by atoms with Crippen molar-refractivity contribution in [3.63, 3.8) is 0 Å². The summed E-state index contributed by atoms with van der Waals surface area (Å²) in [5.41, 5.74) is 0. The van der Waals surface area contributed by atoms with Crippen LogP contribution in [0.15, 0.2) is 0 Å². The maximum atomic E-state index is 2.45. The predicted molar refractivity (Wildman–Crippen MR) is 40.5 cm³/mol. The van der Waals surface area contributed by atoms with Gasteiger partial charge < -0.3 is 4.90 Å². The molecule has 1 rings (SSSR count). The van der Waals surface area contributed by atoms with Gasteiger partial charge in [0, 0.05) is 12.6 Å². The Morgan fingerprint density at radius 2 is 2.22 bits per heavy atom. The van der Waals surface area contributed by atoms with Crippen LogP contribution < -0.4 is 0 Å². The van der Waals surface area contributed by atoms with E-state index in [1.807, 2.05) is 0 Å². The summed E-state index contributed by atoms with van der Waals surface area (Å²) in [5.74, 6) is 0.977. The van der Waals surface area contributed by atoms with E-state index in [1.165, 1.54) is 19.4 Å². The molecule has 1 fully saturated rings. The smallest absolute Gasteiger partial charge is 0.00671 e. The van der Waals surface area contributed by atoms with E-state index >= 15 is 0 Å². The predicted octanol–water partition coefficient (Wildman–Crippen LogP) is 1.74. The monoisotopic (exact) mass is 127 g/mol. The van der Waals surface area contributed by atoms with Crippen molar-refractivity contribution in [1.82, 2.24) is 4.90 Å². The molecule has 0 spiro atoms. The summed E-state index contributed by atoms with van der Waals surface area (Å²) in [6.07, 6.45) is 2.77. The van der Waals surface area contributed by atoms with E-state index in [2.05, 4.69) is 25.8 Å². The molecule has 54 valence electrons. The molecule has 0 aromatic heterocycles. The average Bonchev–Trinajstić information content (AvgIpc) is 2.13. The Morgan fingerprint density at radius 3 is 2.44 bits per heavy atom. The standard InChI is InChI=1S/C8H17N/c1-4-8-5-7(2)9(3)6-8/h7-8H,4-6H2,1-3H3/t7-,8+/m1/s1. The maximum Gasteiger partial charge on any atom is 0.00671 e. The van der Waals surface area contributed by atoms with Gasteiger partial charge in [-0.3, -0.25) is 0 Å². The van der Waals surface area contributed by atoms with E-state index in [-0.39, 0.29) is 0 Å². The fourth-order valence-corrected chi connectivity index (χ4v) is 1.62. The van der Waals surface area contributed by atoms with E-state index in [4.69, 9.17) is 0 Å². The lowest BCUT2D eigenvalue weighted by molar-refractivity contribution is 0.325. The topological polar surface area (TPSA) is 3.24 Å². The zero-order valence-corrected chi connectivity index (χ0v) is 6.72. The fourth-order valence-electron chi connectivity index (χ4n) is 1.62. The Morgan fingerprint density at radius 1 is 1.56 bits per heavy atom. The van der Waals surface area contributed by atoms with Crippen LogP contribution in [0.3, 0.4) is 0 Å². The zero-order valence-electron chi connectivity index (χ0n) is 6.72. The Hall–Kier alpha value is -0.0400. The number of nitrogens with zero attached hydrogens (tertiary/aromatic N) is 1. The van der Waals surface area contributed by atoms with Crippen LogP contribution in [0, 0.1) is 5.92 Å². The Balaban J connectivity index is 2.35. The molecule has 0 saturated carbocycles. The van der Waals surface area contributed by atoms with Crippen LogP contribution in [-0.4, -0.2) is 24.5 Å². The first-order valence-corrected chi connectivity index (χ1v) is 3.94. The van der Waals surface area contributed by atoms with Crippen molar-refractivity contribution >= 4 is 0 Å². The highest BCUT2D eigenvalue weighted by Crippen LogP contribution is 2.22. The first-order chi connectivity index (χ1) is 4.24. The Kier molecular flexibility index (Phi) is 2.12. The van der Waals surface area contributed by atoms with E-state index in [9.17, 15) is 0 Å². The van der Waals surface area contributed by atoms with Gasteiger partial charge in [-0.15, -0.1) is 0 Å². The fraction of sp³-hybridized carbons (Fsp3) is 1.00. The van der Waals surface area contributed by atoms with E-state index in [0.717, 1.165) is 12.0 Å². The number of rotatable bonds is 1. The minimum atomic E-state index is 0.829. The zero-order chi connectivity index (χ0) is 6.85. The highest BCUT2D eigenvalue weighted by atomic mass is 15.1. The molecule has 1 nitrogen and oxygen atoms in total. The molecule has 0 radical (unpaired) electrons. The molecule has 1 aliphatic heterocycles. The van der Waals surface area contributed by atoms with Crippen LogP contribution in [0.4, 0.5) is 0 Å². The molecule has 0 N–H and O–H groups in total. The second kappa shape index (κ2) is 2.70. The van der Waals surface area contributed by atoms with Crippen molar-refractivity contribution in [3.05, 3.63) is 0 Å². The SMILES string of the molecule is CC[C@H]1C[C@@H](C)N(C)C1. The highest BCUT2D eigenvalue weighted by molar-refractivity contribution is 4.78. The van der Waals surface area contributed by atoms with Crippen molar-refractivity contribution < 1.29 is 0 Å². The molecule has 1 heteroatoms. The summed E-state index contributed by atoms with van der Waals surface area (Å²) in [5, 5.41) is 0. The molecule has 0 amide bonds. The Bertz CT molecular complexity index is 80.6. The molecule has 9 heavy (non-hydrogen) atoms. The van der Waals surface area contributed by atoms with Crippen molar-refractivity contribution in [2.45, 2.75) is 32.7 Å². The van der Waals surface area contributed by atoms with Gasteiger partial charge in [0.2, 0.25) is 0 Å². The minimum absolute atomic E-state index is 0.829. The van der Waals surface area contributed by atoms with Crippen LogP contribution in [0.25, 0.3) is 0 Å². The van der Waals surface area contributed by atoms with Gasteiger partial charge in [0.15, 0.2) is 0 Å². The summed E-state index contributed by atoms with van der Waals surface area (Å²) >= 11 is 0. The molecule has 2 atom stereocenters. The summed E-state index contributed by atoms with van der Waals surface area (Å²) in [4.78, 5) is 2.45. The summed E-state index contributed by atoms with van der Waals surface area (Å²) in [6.45, 7) is 5.92. The molecular formula is C8H17N. The first kappa shape index (κ1) is 7.07. The lowest BCUT2D eigenvalue weighted by Gasteiger charge is -2.12. The quantitative estimate of drug-likeness (QED) is 0.518. The third kappa shape index (κ3) is 1.45. The van der Waals surface area contributed by atoms with E-state index < -0.39 is 0 Å². The van der Waals surface area contributed by atoms with Gasteiger partial charge in [0.05, 0.1) is 0 Å². The molecule has 1 aliphatic rings. The van der Waals surface area contributed by atoms with Gasteiger partial charge in [-0.05, 0) is 26.3 Å². The van der Waals surface area contributed by atoms with Crippen LogP contribution >= 0.6 is 0 Å². The molecule has 0 bridgehead atoms. The molecule has 0 unspecified atom stereocenters. The van der Waals surface area contributed by atoms with Gasteiger partial charge in [0.25, 0.3) is 0 Å². The van der Waals surface area contributed by atoms with E-state index in [0.29, 0.717) is 0 Å². The van der Waals surface area contributed by atoms with Crippen LogP contribution in [0.5, 0.6) is 0 Å². The molecule has 0 aromatic carbocycles. The van der Waals surface area contributed by atoms with Crippen molar-refractivity contribution in [2.24, 2.45) is 5.92 Å². The van der Waals surface area contributed by atoms with Gasteiger partial charge in [-0.25, -0.2) is 0 Å². The lowest BCUT2D eigenvalue weighted by atomic mass is 10.0. The van der Waals surface area contributed by atoms with Crippen LogP contribution in [0.2, 0.25) is 0 Å². The molecule has 0 aliphatic carbocycles. The average molecular weight is 127 g/mol. The normalized spacial score (nSPS) is 37.7. The van der Waals surface area contributed by atoms with Crippen molar-refractivity contribution in [2.75, 3.05) is 13.6 Å². The summed E-state index contributed by atoms with van der Waals surface area (Å²) < 4.78 is 0. The second-order valence-electron chi connectivity index (χ2n) is 3.30. The van der Waals surface area contributed by atoms with Crippen molar-refractivity contribution in [3.8, 4) is 0 Å². The van der Waals surface area contributed by atoms with Gasteiger partial charge >= 0.3 is 0 Å². The number of likely N-dealkylation sites (tertiary alicyclic amines) is 1. The first-order valence-electron chi connectivity index (χ1n) is 3.94. The third-order valence-electron chi connectivity index (χ3n) is 2.55.